The zero-order valence-electron chi connectivity index (χ0n) is 10.8. The van der Waals surface area contributed by atoms with Crippen LogP contribution in [0.1, 0.15) is 19.0 Å². The first-order chi connectivity index (χ1) is 9.60. The standard InChI is InChI=1S/C13H14N2O3S2/c1-2-10(13(17)18)15-11(16)5-9-7-20-12(14-9)8-3-4-19-6-8/h3-4,6-7,10H,2,5H2,1H3,(H,15,16)(H,17,18)/t10-/m0/s1. The summed E-state index contributed by atoms with van der Waals surface area (Å²) in [4.78, 5) is 27.0. The number of carbonyl (C=O) groups is 2. The number of hydrogen-bond acceptors (Lipinski definition) is 5. The molecule has 2 N–H and O–H groups in total. The molecule has 0 aliphatic carbocycles. The van der Waals surface area contributed by atoms with Crippen molar-refractivity contribution in [1.82, 2.24) is 10.3 Å². The second-order valence-electron chi connectivity index (χ2n) is 4.20. The summed E-state index contributed by atoms with van der Waals surface area (Å²) in [6.45, 7) is 1.72. The van der Waals surface area contributed by atoms with Gasteiger partial charge >= 0.3 is 5.97 Å². The van der Waals surface area contributed by atoms with Gasteiger partial charge in [-0.3, -0.25) is 4.79 Å². The molecule has 0 spiro atoms. The van der Waals surface area contributed by atoms with Crippen LogP contribution in [0.5, 0.6) is 0 Å². The lowest BCUT2D eigenvalue weighted by atomic mass is 10.2. The number of nitrogens with one attached hydrogen (secondary N) is 1. The molecule has 1 amide bonds. The molecule has 0 saturated carbocycles. The van der Waals surface area contributed by atoms with E-state index in [1.54, 1.807) is 18.3 Å². The summed E-state index contributed by atoms with van der Waals surface area (Å²) < 4.78 is 0. The van der Waals surface area contributed by atoms with Crippen LogP contribution in [0.3, 0.4) is 0 Å². The number of thiophene rings is 1. The minimum absolute atomic E-state index is 0.102. The summed E-state index contributed by atoms with van der Waals surface area (Å²) >= 11 is 3.07. The van der Waals surface area contributed by atoms with Crippen molar-refractivity contribution in [3.63, 3.8) is 0 Å². The highest BCUT2D eigenvalue weighted by Gasteiger charge is 2.18. The van der Waals surface area contributed by atoms with Crippen LogP contribution in [0.25, 0.3) is 10.6 Å². The summed E-state index contributed by atoms with van der Waals surface area (Å²) in [6, 6.07) is 1.14. The summed E-state index contributed by atoms with van der Waals surface area (Å²) in [5.41, 5.74) is 1.71. The van der Waals surface area contributed by atoms with Crippen molar-refractivity contribution in [2.45, 2.75) is 25.8 Å². The van der Waals surface area contributed by atoms with Crippen molar-refractivity contribution >= 4 is 34.6 Å². The molecular weight excluding hydrogens is 296 g/mol. The maximum Gasteiger partial charge on any atom is 0.326 e. The van der Waals surface area contributed by atoms with E-state index in [0.717, 1.165) is 10.6 Å². The third kappa shape index (κ3) is 3.64. The molecule has 0 saturated heterocycles. The van der Waals surface area contributed by atoms with E-state index in [0.29, 0.717) is 12.1 Å². The Balaban J connectivity index is 1.97. The van der Waals surface area contributed by atoms with Gasteiger partial charge in [0.1, 0.15) is 11.0 Å². The van der Waals surface area contributed by atoms with Crippen molar-refractivity contribution in [1.29, 1.82) is 0 Å². The van der Waals surface area contributed by atoms with E-state index in [9.17, 15) is 9.59 Å². The van der Waals surface area contributed by atoms with Gasteiger partial charge in [-0.05, 0) is 17.9 Å². The molecule has 2 aromatic heterocycles. The Bertz CT molecular complexity index is 593. The quantitative estimate of drug-likeness (QED) is 0.858. The lowest BCUT2D eigenvalue weighted by molar-refractivity contribution is -0.141. The van der Waals surface area contributed by atoms with E-state index in [2.05, 4.69) is 10.3 Å². The molecule has 20 heavy (non-hydrogen) atoms. The van der Waals surface area contributed by atoms with Crippen molar-refractivity contribution in [2.75, 3.05) is 0 Å². The fourth-order valence-corrected chi connectivity index (χ4v) is 3.19. The lowest BCUT2D eigenvalue weighted by Crippen LogP contribution is -2.41. The van der Waals surface area contributed by atoms with Gasteiger partial charge in [0.2, 0.25) is 5.91 Å². The number of rotatable bonds is 6. The SMILES string of the molecule is CC[C@H](NC(=O)Cc1csc(-c2ccsc2)n1)C(=O)O. The van der Waals surface area contributed by atoms with Gasteiger partial charge in [0.15, 0.2) is 0 Å². The molecule has 0 aliphatic rings. The van der Waals surface area contributed by atoms with Gasteiger partial charge in [0, 0.05) is 16.3 Å². The van der Waals surface area contributed by atoms with Crippen molar-refractivity contribution < 1.29 is 14.7 Å². The van der Waals surface area contributed by atoms with E-state index >= 15 is 0 Å². The largest absolute Gasteiger partial charge is 0.480 e. The van der Waals surface area contributed by atoms with Crippen LogP contribution in [0.15, 0.2) is 22.2 Å². The van der Waals surface area contributed by atoms with Gasteiger partial charge in [-0.1, -0.05) is 6.92 Å². The van der Waals surface area contributed by atoms with Crippen LogP contribution in [-0.4, -0.2) is 28.0 Å². The number of aromatic nitrogens is 1. The second kappa shape index (κ2) is 6.62. The van der Waals surface area contributed by atoms with Crippen LogP contribution in [0, 0.1) is 0 Å². The molecular formula is C13H14N2O3S2. The normalized spacial score (nSPS) is 12.1. The molecule has 0 bridgehead atoms. The summed E-state index contributed by atoms with van der Waals surface area (Å²) in [5.74, 6) is -1.33. The Morgan fingerprint density at radius 1 is 1.45 bits per heavy atom. The Hall–Kier alpha value is -1.73. The zero-order valence-corrected chi connectivity index (χ0v) is 12.5. The Morgan fingerprint density at radius 3 is 2.85 bits per heavy atom. The highest BCUT2D eigenvalue weighted by atomic mass is 32.1. The lowest BCUT2D eigenvalue weighted by Gasteiger charge is -2.11. The molecule has 7 heteroatoms. The summed E-state index contributed by atoms with van der Waals surface area (Å²) in [5, 5.41) is 18.1. The van der Waals surface area contributed by atoms with Gasteiger partial charge in [0.25, 0.3) is 0 Å². The predicted octanol–water partition coefficient (Wildman–Crippen LogP) is 2.39. The van der Waals surface area contributed by atoms with Gasteiger partial charge in [-0.2, -0.15) is 11.3 Å². The molecule has 1 atom stereocenters. The van der Waals surface area contributed by atoms with Crippen LogP contribution < -0.4 is 5.32 Å². The number of thiazole rings is 1. The third-order valence-corrected chi connectivity index (χ3v) is 4.33. The van der Waals surface area contributed by atoms with Gasteiger partial charge in [-0.15, -0.1) is 11.3 Å². The van der Waals surface area contributed by atoms with Crippen LogP contribution in [0.2, 0.25) is 0 Å². The van der Waals surface area contributed by atoms with Crippen molar-refractivity contribution in [3.8, 4) is 10.6 Å². The molecule has 0 aromatic carbocycles. The average molecular weight is 310 g/mol. The van der Waals surface area contributed by atoms with Crippen molar-refractivity contribution in [2.24, 2.45) is 0 Å². The zero-order chi connectivity index (χ0) is 14.5. The first-order valence-electron chi connectivity index (χ1n) is 6.09. The number of carboxylic acids is 1. The predicted molar refractivity (Wildman–Crippen MR) is 79.0 cm³/mol. The number of amides is 1. The van der Waals surface area contributed by atoms with Crippen molar-refractivity contribution in [3.05, 3.63) is 27.9 Å². The van der Waals surface area contributed by atoms with E-state index in [-0.39, 0.29) is 12.3 Å². The van der Waals surface area contributed by atoms with Gasteiger partial charge in [0.05, 0.1) is 12.1 Å². The fraction of sp³-hybridized carbons (Fsp3) is 0.308. The summed E-state index contributed by atoms with van der Waals surface area (Å²) in [6.07, 6.45) is 0.461. The Kier molecular flexibility index (Phi) is 4.86. The molecule has 5 nitrogen and oxygen atoms in total. The number of carboxylic acid groups (broad SMARTS) is 1. The van der Waals surface area contributed by atoms with Crippen LogP contribution in [-0.2, 0) is 16.0 Å². The number of hydrogen-bond donors (Lipinski definition) is 2. The molecule has 0 fully saturated rings. The molecule has 2 aromatic rings. The number of aliphatic carboxylic acids is 1. The second-order valence-corrected chi connectivity index (χ2v) is 5.84. The molecule has 0 aliphatic heterocycles. The van der Waals surface area contributed by atoms with Crippen LogP contribution >= 0.6 is 22.7 Å². The highest BCUT2D eigenvalue weighted by Crippen LogP contribution is 2.25. The molecule has 2 rings (SSSR count). The summed E-state index contributed by atoms with van der Waals surface area (Å²) in [7, 11) is 0. The number of carbonyl (C=O) groups excluding carboxylic acids is 1. The van der Waals surface area contributed by atoms with Gasteiger partial charge < -0.3 is 10.4 Å². The monoisotopic (exact) mass is 310 g/mol. The molecule has 2 heterocycles. The van der Waals surface area contributed by atoms with E-state index < -0.39 is 12.0 Å². The smallest absolute Gasteiger partial charge is 0.326 e. The first kappa shape index (κ1) is 14.7. The third-order valence-electron chi connectivity index (χ3n) is 2.70. The Morgan fingerprint density at radius 2 is 2.25 bits per heavy atom. The molecule has 0 unspecified atom stereocenters. The maximum atomic E-state index is 11.8. The topological polar surface area (TPSA) is 79.3 Å². The minimum Gasteiger partial charge on any atom is -0.480 e. The molecule has 106 valence electrons. The van der Waals surface area contributed by atoms with E-state index in [1.165, 1.54) is 11.3 Å². The fourth-order valence-electron chi connectivity index (χ4n) is 1.66. The Labute approximate surface area is 124 Å². The highest BCUT2D eigenvalue weighted by molar-refractivity contribution is 7.14. The minimum atomic E-state index is -1.02. The maximum absolute atomic E-state index is 11.8. The van der Waals surface area contributed by atoms with E-state index in [4.69, 9.17) is 5.11 Å². The first-order valence-corrected chi connectivity index (χ1v) is 7.91. The average Bonchev–Trinajstić information content (AvgIpc) is 3.05. The number of nitrogens with zero attached hydrogens (tertiary/aromatic N) is 1. The van der Waals surface area contributed by atoms with Gasteiger partial charge in [-0.25, -0.2) is 9.78 Å². The van der Waals surface area contributed by atoms with Crippen LogP contribution in [0.4, 0.5) is 0 Å². The van der Waals surface area contributed by atoms with E-state index in [1.807, 2.05) is 22.2 Å². The molecule has 0 radical (unpaired) electrons.